The summed E-state index contributed by atoms with van der Waals surface area (Å²) >= 11 is 0. The smallest absolute Gasteiger partial charge is 0.0974 e. The molecule has 5 aromatic rings. The van der Waals surface area contributed by atoms with E-state index in [0.29, 0.717) is 0 Å². The van der Waals surface area contributed by atoms with E-state index in [1.165, 1.54) is 32.6 Å². The lowest BCUT2D eigenvalue weighted by atomic mass is 9.95. The van der Waals surface area contributed by atoms with Gasteiger partial charge in [0.25, 0.3) is 0 Å². The maximum Gasteiger partial charge on any atom is 0.0974 e. The van der Waals surface area contributed by atoms with Crippen molar-refractivity contribution in [2.45, 2.75) is 40.0 Å². The molecule has 170 valence electrons. The summed E-state index contributed by atoms with van der Waals surface area (Å²) in [7, 11) is -1.61. The Hall–Kier alpha value is -3.09. The van der Waals surface area contributed by atoms with E-state index in [0.717, 1.165) is 33.2 Å². The monoisotopic (exact) mass is 476 g/mol. The van der Waals surface area contributed by atoms with Crippen molar-refractivity contribution in [2.75, 3.05) is 0 Å². The van der Waals surface area contributed by atoms with Crippen molar-refractivity contribution in [3.05, 3.63) is 84.2 Å². The van der Waals surface area contributed by atoms with Gasteiger partial charge in [0, 0.05) is 22.2 Å². The second-order valence-electron chi connectivity index (χ2n) is 10.0. The SMILES string of the molecule is Cc1cc(-c2ccc([SiH](C)C)cc2)c2ccc3c(-c4ccc([SiH](C)C)cc4)cc(C)nc3c2n1. The van der Waals surface area contributed by atoms with Gasteiger partial charge in [0.1, 0.15) is 0 Å². The molecule has 5 rings (SSSR count). The van der Waals surface area contributed by atoms with Crippen LogP contribution >= 0.6 is 0 Å². The number of hydrogen-bond acceptors (Lipinski definition) is 2. The Morgan fingerprint density at radius 1 is 0.500 bits per heavy atom. The van der Waals surface area contributed by atoms with Crippen LogP contribution in [0.3, 0.4) is 0 Å². The number of benzene rings is 3. The van der Waals surface area contributed by atoms with Crippen LogP contribution in [-0.2, 0) is 0 Å². The molecule has 0 atom stereocenters. The molecule has 2 heterocycles. The standard InChI is InChI=1S/C30H32N2Si2/c1-19-17-27(21-7-11-23(12-8-21)33(3)4)25-15-16-26-28(18-20(2)32-30(26)29(25)31-19)22-9-13-24(14-10-22)34(5)6/h7-18,33-34H,1-6H3. The van der Waals surface area contributed by atoms with Crippen LogP contribution in [0, 0.1) is 13.8 Å². The highest BCUT2D eigenvalue weighted by molar-refractivity contribution is 6.71. The van der Waals surface area contributed by atoms with Gasteiger partial charge in [-0.15, -0.1) is 0 Å². The van der Waals surface area contributed by atoms with Gasteiger partial charge in [0.05, 0.1) is 28.6 Å². The Morgan fingerprint density at radius 3 is 1.18 bits per heavy atom. The number of rotatable bonds is 4. The molecule has 2 nitrogen and oxygen atoms in total. The van der Waals surface area contributed by atoms with E-state index < -0.39 is 17.6 Å². The summed E-state index contributed by atoms with van der Waals surface area (Å²) < 4.78 is 0. The predicted molar refractivity (Wildman–Crippen MR) is 154 cm³/mol. The molecule has 0 spiro atoms. The summed E-state index contributed by atoms with van der Waals surface area (Å²) in [6.45, 7) is 13.7. The van der Waals surface area contributed by atoms with E-state index in [9.17, 15) is 0 Å². The van der Waals surface area contributed by atoms with E-state index in [-0.39, 0.29) is 0 Å². The maximum absolute atomic E-state index is 5.00. The van der Waals surface area contributed by atoms with E-state index in [2.05, 4.69) is 113 Å². The topological polar surface area (TPSA) is 25.8 Å². The fourth-order valence-electron chi connectivity index (χ4n) is 4.80. The second kappa shape index (κ2) is 8.93. The predicted octanol–water partition coefficient (Wildman–Crippen LogP) is 6.12. The van der Waals surface area contributed by atoms with Gasteiger partial charge in [-0.1, -0.05) is 97.2 Å². The molecule has 0 fully saturated rings. The average Bonchev–Trinajstić information content (AvgIpc) is 2.83. The van der Waals surface area contributed by atoms with Gasteiger partial charge in [-0.05, 0) is 48.2 Å². The van der Waals surface area contributed by atoms with E-state index in [1.54, 1.807) is 0 Å². The Balaban J connectivity index is 1.73. The molecule has 0 radical (unpaired) electrons. The van der Waals surface area contributed by atoms with Crippen LogP contribution in [0.25, 0.3) is 44.1 Å². The molecule has 0 saturated carbocycles. The lowest BCUT2D eigenvalue weighted by Gasteiger charge is -2.14. The van der Waals surface area contributed by atoms with E-state index in [1.807, 2.05) is 0 Å². The zero-order chi connectivity index (χ0) is 24.0. The molecule has 2 aromatic heterocycles. The average molecular weight is 477 g/mol. The highest BCUT2D eigenvalue weighted by atomic mass is 28.3. The molecular weight excluding hydrogens is 445 g/mol. The van der Waals surface area contributed by atoms with Crippen molar-refractivity contribution >= 4 is 49.8 Å². The summed E-state index contributed by atoms with van der Waals surface area (Å²) in [6, 6.07) is 27.2. The fourth-order valence-corrected chi connectivity index (χ4v) is 6.73. The number of pyridine rings is 2. The largest absolute Gasteiger partial charge is 0.251 e. The Morgan fingerprint density at radius 2 is 0.853 bits per heavy atom. The number of nitrogens with zero attached hydrogens (tertiary/aromatic N) is 2. The van der Waals surface area contributed by atoms with Gasteiger partial charge in [0.15, 0.2) is 0 Å². The van der Waals surface area contributed by atoms with Crippen molar-refractivity contribution < 1.29 is 0 Å². The van der Waals surface area contributed by atoms with E-state index in [4.69, 9.17) is 9.97 Å². The lowest BCUT2D eigenvalue weighted by molar-refractivity contribution is 1.23. The van der Waals surface area contributed by atoms with Crippen LogP contribution < -0.4 is 10.4 Å². The van der Waals surface area contributed by atoms with Crippen molar-refractivity contribution in [1.29, 1.82) is 0 Å². The zero-order valence-electron chi connectivity index (χ0n) is 21.0. The van der Waals surface area contributed by atoms with Crippen molar-refractivity contribution in [1.82, 2.24) is 9.97 Å². The van der Waals surface area contributed by atoms with E-state index >= 15 is 0 Å². The van der Waals surface area contributed by atoms with Gasteiger partial charge in [-0.2, -0.15) is 0 Å². The highest BCUT2D eigenvalue weighted by Crippen LogP contribution is 2.36. The first kappa shape index (κ1) is 22.7. The van der Waals surface area contributed by atoms with Gasteiger partial charge >= 0.3 is 0 Å². The van der Waals surface area contributed by atoms with Crippen LogP contribution in [0.2, 0.25) is 26.2 Å². The van der Waals surface area contributed by atoms with Gasteiger partial charge in [0.2, 0.25) is 0 Å². The highest BCUT2D eigenvalue weighted by Gasteiger charge is 2.15. The van der Waals surface area contributed by atoms with Crippen LogP contribution in [0.1, 0.15) is 11.4 Å². The summed E-state index contributed by atoms with van der Waals surface area (Å²) in [5.74, 6) is 0. The molecule has 4 heteroatoms. The minimum Gasteiger partial charge on any atom is -0.251 e. The molecule has 0 N–H and O–H groups in total. The van der Waals surface area contributed by atoms with Crippen molar-refractivity contribution in [3.63, 3.8) is 0 Å². The van der Waals surface area contributed by atoms with Crippen LogP contribution in [-0.4, -0.2) is 27.6 Å². The van der Waals surface area contributed by atoms with Gasteiger partial charge in [-0.3, -0.25) is 9.97 Å². The molecule has 0 amide bonds. The van der Waals surface area contributed by atoms with Crippen molar-refractivity contribution in [3.8, 4) is 22.3 Å². The number of aryl methyl sites for hydroxylation is 2. The third-order valence-electron chi connectivity index (χ3n) is 6.79. The summed E-state index contributed by atoms with van der Waals surface area (Å²) in [6.07, 6.45) is 0. The summed E-state index contributed by atoms with van der Waals surface area (Å²) in [4.78, 5) is 10.00. The maximum atomic E-state index is 5.00. The number of fused-ring (bicyclic) bond motifs is 3. The number of aromatic nitrogens is 2. The molecule has 0 unspecified atom stereocenters. The first-order chi connectivity index (χ1) is 16.3. The molecule has 0 aliphatic carbocycles. The Kier molecular flexibility index (Phi) is 5.96. The summed E-state index contributed by atoms with van der Waals surface area (Å²) in [5.41, 5.74) is 8.98. The summed E-state index contributed by atoms with van der Waals surface area (Å²) in [5, 5.41) is 5.32. The minimum absolute atomic E-state index is 0.807. The Labute approximate surface area is 205 Å². The van der Waals surface area contributed by atoms with Crippen LogP contribution in [0.5, 0.6) is 0 Å². The first-order valence-corrected chi connectivity index (χ1v) is 18.0. The molecule has 34 heavy (non-hydrogen) atoms. The third kappa shape index (κ3) is 4.12. The van der Waals surface area contributed by atoms with Crippen LogP contribution in [0.4, 0.5) is 0 Å². The van der Waals surface area contributed by atoms with Gasteiger partial charge in [-0.25, -0.2) is 0 Å². The molecule has 0 aliphatic heterocycles. The molecule has 0 bridgehead atoms. The molecule has 0 saturated heterocycles. The molecule has 3 aromatic carbocycles. The zero-order valence-corrected chi connectivity index (χ0v) is 23.3. The van der Waals surface area contributed by atoms with Crippen LogP contribution in [0.15, 0.2) is 72.8 Å². The first-order valence-electron chi connectivity index (χ1n) is 12.2. The quantitative estimate of drug-likeness (QED) is 0.231. The fraction of sp³-hybridized carbons (Fsp3) is 0.200. The van der Waals surface area contributed by atoms with Crippen molar-refractivity contribution in [2.24, 2.45) is 0 Å². The minimum atomic E-state index is -0.807. The normalized spacial score (nSPS) is 11.8. The number of hydrogen-bond donors (Lipinski definition) is 0. The Bertz CT molecular complexity index is 1390. The molecular formula is C30H32N2Si2. The second-order valence-corrected chi connectivity index (χ2v) is 16.0. The lowest BCUT2D eigenvalue weighted by Crippen LogP contribution is -2.21. The van der Waals surface area contributed by atoms with Gasteiger partial charge < -0.3 is 0 Å². The third-order valence-corrected chi connectivity index (χ3v) is 10.2. The molecule has 0 aliphatic rings.